The first-order valence-corrected chi connectivity index (χ1v) is 8.43. The van der Waals surface area contributed by atoms with E-state index in [1.165, 1.54) is 18.7 Å². The summed E-state index contributed by atoms with van der Waals surface area (Å²) in [6, 6.07) is 3.55. The van der Waals surface area contributed by atoms with Gasteiger partial charge in [-0.1, -0.05) is 15.9 Å². The van der Waals surface area contributed by atoms with Gasteiger partial charge in [0, 0.05) is 11.0 Å². The molecule has 0 spiro atoms. The van der Waals surface area contributed by atoms with Crippen LogP contribution in [0.1, 0.15) is 11.1 Å². The number of rotatable bonds is 5. The lowest BCUT2D eigenvalue weighted by atomic mass is 10.1. The van der Waals surface area contributed by atoms with E-state index in [0.717, 1.165) is 10.0 Å². The smallest absolute Gasteiger partial charge is 0.262 e. The first-order chi connectivity index (χ1) is 9.94. The van der Waals surface area contributed by atoms with Gasteiger partial charge in [0.2, 0.25) is 0 Å². The molecule has 0 unspecified atom stereocenters. The van der Waals surface area contributed by atoms with Crippen molar-refractivity contribution in [2.45, 2.75) is 18.4 Å². The molecular weight excluding hydrogens is 356 g/mol. The van der Waals surface area contributed by atoms with E-state index in [0.29, 0.717) is 17.8 Å². The van der Waals surface area contributed by atoms with Crippen molar-refractivity contribution in [3.8, 4) is 0 Å². The van der Waals surface area contributed by atoms with Crippen LogP contribution in [-0.2, 0) is 16.6 Å². The minimum atomic E-state index is -3.70. The third-order valence-corrected chi connectivity index (χ3v) is 5.17. The van der Waals surface area contributed by atoms with E-state index < -0.39 is 10.0 Å². The Morgan fingerprint density at radius 1 is 1.24 bits per heavy atom. The zero-order chi connectivity index (χ0) is 15.5. The maximum absolute atomic E-state index is 12.5. The summed E-state index contributed by atoms with van der Waals surface area (Å²) in [6.07, 6.45) is 4.16. The van der Waals surface area contributed by atoms with Crippen molar-refractivity contribution < 1.29 is 8.42 Å². The fourth-order valence-corrected chi connectivity index (χ4v) is 3.84. The summed E-state index contributed by atoms with van der Waals surface area (Å²) in [6.45, 7) is 2.33. The number of anilines is 1. The SMILES string of the molecule is CNCc1cc(Br)c(C)c(S(=O)(=O)Nc2cncnc2)c1. The molecule has 0 fully saturated rings. The fraction of sp³-hybridized carbons (Fsp3) is 0.231. The summed E-state index contributed by atoms with van der Waals surface area (Å²) in [5.74, 6) is 0. The van der Waals surface area contributed by atoms with Crippen LogP contribution in [0.2, 0.25) is 0 Å². The molecule has 0 saturated carbocycles. The number of hydrogen-bond acceptors (Lipinski definition) is 5. The lowest BCUT2D eigenvalue weighted by Crippen LogP contribution is -2.16. The average Bonchev–Trinajstić information content (AvgIpc) is 2.43. The Labute approximate surface area is 132 Å². The minimum Gasteiger partial charge on any atom is -0.316 e. The van der Waals surface area contributed by atoms with Crippen LogP contribution in [0.25, 0.3) is 0 Å². The van der Waals surface area contributed by atoms with Gasteiger partial charge >= 0.3 is 0 Å². The quantitative estimate of drug-likeness (QED) is 0.841. The van der Waals surface area contributed by atoms with Crippen LogP contribution in [-0.4, -0.2) is 25.4 Å². The topological polar surface area (TPSA) is 84.0 Å². The van der Waals surface area contributed by atoms with Crippen LogP contribution in [0.3, 0.4) is 0 Å². The molecule has 0 radical (unpaired) electrons. The van der Waals surface area contributed by atoms with Gasteiger partial charge in [-0.05, 0) is 37.2 Å². The van der Waals surface area contributed by atoms with Gasteiger partial charge in [-0.15, -0.1) is 0 Å². The fourth-order valence-electron chi connectivity index (χ4n) is 1.85. The Kier molecular flexibility index (Phi) is 4.92. The van der Waals surface area contributed by atoms with E-state index >= 15 is 0 Å². The standard InChI is InChI=1S/C13H15BrN4O2S/c1-9-12(14)3-10(5-15-2)4-13(9)21(19,20)18-11-6-16-8-17-7-11/h3-4,6-8,15,18H,5H2,1-2H3. The van der Waals surface area contributed by atoms with Crippen molar-refractivity contribution in [2.75, 3.05) is 11.8 Å². The van der Waals surface area contributed by atoms with Gasteiger partial charge in [0.05, 0.1) is 23.0 Å². The Hall–Kier alpha value is -1.51. The van der Waals surface area contributed by atoms with Crippen LogP contribution in [0.4, 0.5) is 5.69 Å². The van der Waals surface area contributed by atoms with Gasteiger partial charge < -0.3 is 5.32 Å². The molecule has 0 aliphatic heterocycles. The largest absolute Gasteiger partial charge is 0.316 e. The van der Waals surface area contributed by atoms with Crippen LogP contribution < -0.4 is 10.0 Å². The van der Waals surface area contributed by atoms with Crippen LogP contribution in [0.15, 0.2) is 40.2 Å². The molecule has 112 valence electrons. The van der Waals surface area contributed by atoms with Crippen molar-refractivity contribution in [1.82, 2.24) is 15.3 Å². The zero-order valence-electron chi connectivity index (χ0n) is 11.6. The highest BCUT2D eigenvalue weighted by molar-refractivity contribution is 9.10. The summed E-state index contributed by atoms with van der Waals surface area (Å²) >= 11 is 3.40. The van der Waals surface area contributed by atoms with Crippen molar-refractivity contribution in [1.29, 1.82) is 0 Å². The molecule has 1 aromatic heterocycles. The first kappa shape index (κ1) is 15.9. The molecule has 8 heteroatoms. The third kappa shape index (κ3) is 3.78. The van der Waals surface area contributed by atoms with Gasteiger partial charge in [0.15, 0.2) is 0 Å². The third-order valence-electron chi connectivity index (χ3n) is 2.84. The highest BCUT2D eigenvalue weighted by atomic mass is 79.9. The summed E-state index contributed by atoms with van der Waals surface area (Å²) in [7, 11) is -1.89. The molecule has 0 amide bonds. The molecule has 0 saturated heterocycles. The Bertz CT molecular complexity index is 735. The van der Waals surface area contributed by atoms with Gasteiger partial charge in [-0.25, -0.2) is 18.4 Å². The second-order valence-electron chi connectivity index (χ2n) is 4.46. The van der Waals surface area contributed by atoms with Gasteiger partial charge in [-0.3, -0.25) is 4.72 Å². The second-order valence-corrected chi connectivity index (χ2v) is 6.97. The van der Waals surface area contributed by atoms with E-state index in [2.05, 4.69) is 35.9 Å². The number of nitrogens with zero attached hydrogens (tertiary/aromatic N) is 2. The Morgan fingerprint density at radius 3 is 2.52 bits per heavy atom. The Morgan fingerprint density at radius 2 is 1.90 bits per heavy atom. The molecule has 2 aromatic rings. The highest BCUT2D eigenvalue weighted by Gasteiger charge is 2.19. The van der Waals surface area contributed by atoms with Crippen molar-refractivity contribution in [2.24, 2.45) is 0 Å². The van der Waals surface area contributed by atoms with E-state index in [1.54, 1.807) is 13.0 Å². The zero-order valence-corrected chi connectivity index (χ0v) is 14.0. The van der Waals surface area contributed by atoms with E-state index in [1.807, 2.05) is 13.1 Å². The second kappa shape index (κ2) is 6.50. The molecule has 6 nitrogen and oxygen atoms in total. The molecule has 0 aliphatic rings. The molecule has 21 heavy (non-hydrogen) atoms. The van der Waals surface area contributed by atoms with E-state index in [9.17, 15) is 8.42 Å². The normalized spacial score (nSPS) is 11.4. The van der Waals surface area contributed by atoms with Gasteiger partial charge in [-0.2, -0.15) is 0 Å². The number of nitrogens with one attached hydrogen (secondary N) is 2. The van der Waals surface area contributed by atoms with Crippen molar-refractivity contribution in [3.05, 3.63) is 46.5 Å². The van der Waals surface area contributed by atoms with E-state index in [-0.39, 0.29) is 4.90 Å². The summed E-state index contributed by atoms with van der Waals surface area (Å²) in [5, 5.41) is 3.00. The number of hydrogen-bond donors (Lipinski definition) is 2. The molecule has 2 rings (SSSR count). The van der Waals surface area contributed by atoms with Gasteiger partial charge in [0.1, 0.15) is 6.33 Å². The summed E-state index contributed by atoms with van der Waals surface area (Å²) in [5.41, 5.74) is 1.85. The maximum atomic E-state index is 12.5. The molecule has 1 heterocycles. The molecule has 1 aromatic carbocycles. The molecule has 0 aliphatic carbocycles. The molecular formula is C13H15BrN4O2S. The lowest BCUT2D eigenvalue weighted by molar-refractivity contribution is 0.600. The molecule has 0 atom stereocenters. The van der Waals surface area contributed by atoms with Crippen LogP contribution in [0, 0.1) is 6.92 Å². The minimum absolute atomic E-state index is 0.228. The summed E-state index contributed by atoms with van der Waals surface area (Å²) in [4.78, 5) is 7.81. The average molecular weight is 371 g/mol. The van der Waals surface area contributed by atoms with Crippen LogP contribution in [0.5, 0.6) is 0 Å². The maximum Gasteiger partial charge on any atom is 0.262 e. The van der Waals surface area contributed by atoms with Crippen molar-refractivity contribution in [3.63, 3.8) is 0 Å². The van der Waals surface area contributed by atoms with Crippen LogP contribution >= 0.6 is 15.9 Å². The predicted octanol–water partition coefficient (Wildman–Crippen LogP) is 2.07. The Balaban J connectivity index is 2.44. The van der Waals surface area contributed by atoms with Crippen molar-refractivity contribution >= 4 is 31.6 Å². The molecule has 2 N–H and O–H groups in total. The lowest BCUT2D eigenvalue weighted by Gasteiger charge is -2.13. The molecule has 0 bridgehead atoms. The summed E-state index contributed by atoms with van der Waals surface area (Å²) < 4.78 is 28.3. The number of aromatic nitrogens is 2. The number of sulfonamides is 1. The first-order valence-electron chi connectivity index (χ1n) is 6.15. The number of halogens is 1. The highest BCUT2D eigenvalue weighted by Crippen LogP contribution is 2.27. The number of benzene rings is 1. The monoisotopic (exact) mass is 370 g/mol. The van der Waals surface area contributed by atoms with Gasteiger partial charge in [0.25, 0.3) is 10.0 Å². The van der Waals surface area contributed by atoms with E-state index in [4.69, 9.17) is 0 Å². The predicted molar refractivity (Wildman–Crippen MR) is 84.5 cm³/mol.